The van der Waals surface area contributed by atoms with Crippen molar-refractivity contribution in [1.82, 2.24) is 5.32 Å². The fraction of sp³-hybridized carbons (Fsp3) is 0.375. The normalized spacial score (nSPS) is 17.7. The maximum Gasteiger partial charge on any atom is 0.252 e. The van der Waals surface area contributed by atoms with E-state index in [-0.39, 0.29) is 25.5 Å². The molecule has 2 N–H and O–H groups in total. The molecule has 214 valence electrons. The summed E-state index contributed by atoms with van der Waals surface area (Å²) in [6, 6.07) is 24.7. The fourth-order valence-electron chi connectivity index (χ4n) is 4.92. The summed E-state index contributed by atoms with van der Waals surface area (Å²) in [4.78, 5) is 22.2. The number of amides is 1. The van der Waals surface area contributed by atoms with Gasteiger partial charge in [0.1, 0.15) is 5.75 Å². The Morgan fingerprint density at radius 2 is 1.78 bits per heavy atom. The van der Waals surface area contributed by atoms with Crippen molar-refractivity contribution in [2.45, 2.75) is 57.2 Å². The largest absolute Gasteiger partial charge is 0.494 e. The molecule has 3 aromatic rings. The number of aliphatic hydroxyl groups is 1. The molecule has 0 aromatic heterocycles. The van der Waals surface area contributed by atoms with E-state index in [0.717, 1.165) is 41.5 Å². The first kappa shape index (κ1) is 29.6. The quantitative estimate of drug-likeness (QED) is 0.102. The molecule has 2 atom stereocenters. The Morgan fingerprint density at radius 3 is 2.49 bits per heavy atom. The lowest BCUT2D eigenvalue weighted by Crippen LogP contribution is -2.50. The first-order valence-corrected chi connectivity index (χ1v) is 14.1. The summed E-state index contributed by atoms with van der Waals surface area (Å²) < 4.78 is 12.2. The van der Waals surface area contributed by atoms with Gasteiger partial charge >= 0.3 is 0 Å². The number of rotatable bonds is 15. The van der Waals surface area contributed by atoms with Gasteiger partial charge in [-0.25, -0.2) is 4.99 Å². The molecule has 0 fully saturated rings. The molecule has 1 aliphatic heterocycles. The average molecular weight is 556 g/mol. The molecule has 1 aliphatic rings. The maximum absolute atomic E-state index is 14.2. The number of ether oxygens (including phenoxy) is 2. The summed E-state index contributed by atoms with van der Waals surface area (Å²) in [5.74, 6) is 0.837. The maximum atomic E-state index is 14.2. The number of carbonyl (C=O) groups excluding carboxylic acids is 1. The Labute approximate surface area is 240 Å². The van der Waals surface area contributed by atoms with Crippen LogP contribution in [0.5, 0.6) is 5.75 Å². The predicted octanol–water partition coefficient (Wildman–Crippen LogP) is 6.06. The third kappa shape index (κ3) is 7.45. The van der Waals surface area contributed by atoms with Crippen molar-refractivity contribution in [2.24, 2.45) is 10.1 Å². The standard InChI is InChI=1S/C32H37N5O4/c1-2-3-9-19-34-31(39)32(22-26-13-7-8-14-27(26)23-35-37-33)29(24-11-5-4-6-12-24)41-30(36-32)25-15-17-28(18-16-25)40-21-10-20-38/h4-8,11-18,29,38H,2-3,9-10,19-23H2,1H3,(H,34,39)/t29-,32-/m1/s1. The van der Waals surface area contributed by atoms with E-state index in [9.17, 15) is 4.79 Å². The number of aliphatic hydroxyl groups excluding tert-OH is 1. The lowest BCUT2D eigenvalue weighted by Gasteiger charge is -2.31. The molecule has 0 unspecified atom stereocenters. The first-order chi connectivity index (χ1) is 20.1. The van der Waals surface area contributed by atoms with Crippen LogP contribution in [0.2, 0.25) is 0 Å². The van der Waals surface area contributed by atoms with E-state index in [1.807, 2.05) is 78.9 Å². The third-order valence-electron chi connectivity index (χ3n) is 7.08. The van der Waals surface area contributed by atoms with Crippen molar-refractivity contribution in [3.63, 3.8) is 0 Å². The van der Waals surface area contributed by atoms with Crippen LogP contribution in [-0.4, -0.2) is 42.2 Å². The highest BCUT2D eigenvalue weighted by Crippen LogP contribution is 2.43. The molecule has 9 nitrogen and oxygen atoms in total. The molecule has 1 amide bonds. The lowest BCUT2D eigenvalue weighted by molar-refractivity contribution is -0.128. The molecular weight excluding hydrogens is 518 g/mol. The molecule has 9 heteroatoms. The number of carbonyl (C=O) groups is 1. The number of aliphatic imine (C=N–C) groups is 1. The van der Waals surface area contributed by atoms with Gasteiger partial charge in [0.15, 0.2) is 11.6 Å². The van der Waals surface area contributed by atoms with Crippen molar-refractivity contribution in [1.29, 1.82) is 0 Å². The van der Waals surface area contributed by atoms with E-state index < -0.39 is 11.6 Å². The number of benzene rings is 3. The molecule has 4 rings (SSSR count). The van der Waals surface area contributed by atoms with Crippen molar-refractivity contribution < 1.29 is 19.4 Å². The van der Waals surface area contributed by atoms with Crippen molar-refractivity contribution in [3.05, 3.63) is 112 Å². The van der Waals surface area contributed by atoms with Gasteiger partial charge in [0.05, 0.1) is 13.2 Å². The Kier molecular flexibility index (Phi) is 10.8. The Hall–Kier alpha value is -4.33. The second kappa shape index (κ2) is 14.9. The van der Waals surface area contributed by atoms with Crippen molar-refractivity contribution in [3.8, 4) is 5.75 Å². The minimum absolute atomic E-state index is 0.0676. The van der Waals surface area contributed by atoms with Crippen LogP contribution in [0, 0.1) is 0 Å². The summed E-state index contributed by atoms with van der Waals surface area (Å²) in [6.07, 6.45) is 3.06. The van der Waals surface area contributed by atoms with Crippen LogP contribution in [0.1, 0.15) is 61.0 Å². The Bertz CT molecular complexity index is 1360. The molecule has 0 saturated carbocycles. The Morgan fingerprint density at radius 1 is 1.05 bits per heavy atom. The number of unbranched alkanes of at least 4 members (excludes halogenated alkanes) is 2. The molecule has 0 saturated heterocycles. The van der Waals surface area contributed by atoms with E-state index in [1.54, 1.807) is 0 Å². The predicted molar refractivity (Wildman–Crippen MR) is 159 cm³/mol. The monoisotopic (exact) mass is 555 g/mol. The van der Waals surface area contributed by atoms with E-state index in [4.69, 9.17) is 25.1 Å². The van der Waals surface area contributed by atoms with Crippen LogP contribution in [-0.2, 0) is 22.5 Å². The molecular formula is C32H37N5O4. The molecule has 1 heterocycles. The van der Waals surface area contributed by atoms with E-state index in [0.29, 0.717) is 31.2 Å². The second-order valence-corrected chi connectivity index (χ2v) is 10.00. The van der Waals surface area contributed by atoms with Crippen LogP contribution in [0.25, 0.3) is 10.4 Å². The lowest BCUT2D eigenvalue weighted by atomic mass is 9.81. The number of hydrogen-bond donors (Lipinski definition) is 2. The number of nitrogens with zero attached hydrogens (tertiary/aromatic N) is 4. The van der Waals surface area contributed by atoms with E-state index in [1.165, 1.54) is 0 Å². The highest BCUT2D eigenvalue weighted by atomic mass is 16.5. The number of hydrogen-bond acceptors (Lipinski definition) is 6. The zero-order valence-electron chi connectivity index (χ0n) is 23.4. The third-order valence-corrected chi connectivity index (χ3v) is 7.08. The summed E-state index contributed by atoms with van der Waals surface area (Å²) in [7, 11) is 0. The van der Waals surface area contributed by atoms with Crippen LogP contribution in [0.4, 0.5) is 0 Å². The molecule has 3 aromatic carbocycles. The highest BCUT2D eigenvalue weighted by molar-refractivity contribution is 6.01. The summed E-state index contributed by atoms with van der Waals surface area (Å²) in [5.41, 5.74) is 10.9. The molecule has 0 spiro atoms. The molecule has 0 radical (unpaired) electrons. The van der Waals surface area contributed by atoms with Crippen molar-refractivity contribution >= 4 is 11.8 Å². The van der Waals surface area contributed by atoms with E-state index >= 15 is 0 Å². The van der Waals surface area contributed by atoms with Gasteiger partial charge in [-0.2, -0.15) is 0 Å². The van der Waals surface area contributed by atoms with Gasteiger partial charge in [-0.15, -0.1) is 0 Å². The van der Waals surface area contributed by atoms with Gasteiger partial charge in [-0.1, -0.05) is 79.5 Å². The van der Waals surface area contributed by atoms with Gasteiger partial charge in [0, 0.05) is 36.5 Å². The second-order valence-electron chi connectivity index (χ2n) is 10.00. The molecule has 0 bridgehead atoms. The van der Waals surface area contributed by atoms with Crippen LogP contribution in [0.15, 0.2) is 89.0 Å². The summed E-state index contributed by atoms with van der Waals surface area (Å²) in [5, 5.41) is 15.9. The highest BCUT2D eigenvalue weighted by Gasteiger charge is 2.53. The smallest absolute Gasteiger partial charge is 0.252 e. The Balaban J connectivity index is 1.77. The average Bonchev–Trinajstić information content (AvgIpc) is 3.40. The summed E-state index contributed by atoms with van der Waals surface area (Å²) in [6.45, 7) is 3.32. The molecule has 41 heavy (non-hydrogen) atoms. The van der Waals surface area contributed by atoms with Crippen LogP contribution >= 0.6 is 0 Å². The van der Waals surface area contributed by atoms with Gasteiger partial charge in [0.2, 0.25) is 5.90 Å². The first-order valence-electron chi connectivity index (χ1n) is 14.1. The van der Waals surface area contributed by atoms with Gasteiger partial charge in [0.25, 0.3) is 5.91 Å². The van der Waals surface area contributed by atoms with E-state index in [2.05, 4.69) is 22.3 Å². The number of nitrogens with one attached hydrogen (secondary N) is 1. The zero-order chi connectivity index (χ0) is 28.9. The van der Waals surface area contributed by atoms with Crippen LogP contribution in [0.3, 0.4) is 0 Å². The van der Waals surface area contributed by atoms with Gasteiger partial charge < -0.3 is 19.9 Å². The van der Waals surface area contributed by atoms with Gasteiger partial charge in [-0.3, -0.25) is 4.79 Å². The fourth-order valence-corrected chi connectivity index (χ4v) is 4.92. The topological polar surface area (TPSA) is 129 Å². The minimum atomic E-state index is -1.30. The van der Waals surface area contributed by atoms with Crippen LogP contribution < -0.4 is 10.1 Å². The minimum Gasteiger partial charge on any atom is -0.494 e. The summed E-state index contributed by atoms with van der Waals surface area (Å²) >= 11 is 0. The zero-order valence-corrected chi connectivity index (χ0v) is 23.4. The van der Waals surface area contributed by atoms with Crippen molar-refractivity contribution in [2.75, 3.05) is 19.8 Å². The SMILES string of the molecule is CCCCCNC(=O)[C@]1(Cc2ccccc2CN=[N+]=[N-])N=C(c2ccc(OCCCO)cc2)O[C@@H]1c1ccccc1. The van der Waals surface area contributed by atoms with Gasteiger partial charge in [-0.05, 0) is 52.9 Å². The number of azide groups is 1. The molecule has 0 aliphatic carbocycles.